The Morgan fingerprint density at radius 3 is 2.62 bits per heavy atom. The van der Waals surface area contributed by atoms with E-state index in [1.807, 2.05) is 20.8 Å². The third-order valence-electron chi connectivity index (χ3n) is 1.84. The van der Waals surface area contributed by atoms with Crippen LogP contribution >= 0.6 is 15.9 Å². The van der Waals surface area contributed by atoms with E-state index >= 15 is 0 Å². The van der Waals surface area contributed by atoms with Crippen molar-refractivity contribution in [3.63, 3.8) is 0 Å². The Hall–Kier alpha value is -1.17. The van der Waals surface area contributed by atoms with Gasteiger partial charge in [0.2, 0.25) is 5.82 Å². The highest BCUT2D eigenvalue weighted by Gasteiger charge is 2.20. The van der Waals surface area contributed by atoms with Crippen molar-refractivity contribution in [3.05, 3.63) is 22.7 Å². The molecule has 6 heteroatoms. The summed E-state index contributed by atoms with van der Waals surface area (Å²) < 4.78 is 0.701. The van der Waals surface area contributed by atoms with E-state index in [4.69, 9.17) is 0 Å². The van der Waals surface area contributed by atoms with Crippen LogP contribution in [0.3, 0.4) is 0 Å². The van der Waals surface area contributed by atoms with E-state index in [1.165, 1.54) is 0 Å². The fourth-order valence-corrected chi connectivity index (χ4v) is 1.09. The highest BCUT2D eigenvalue weighted by atomic mass is 79.9. The zero-order valence-corrected chi connectivity index (χ0v) is 11.2. The predicted octanol–water partition coefficient (Wildman–Crippen LogP) is 1.74. The molecule has 0 fully saturated rings. The molecule has 0 spiro atoms. The monoisotopic (exact) mass is 286 g/mol. The fraction of sp³-hybridized carbons (Fsp3) is 0.500. The summed E-state index contributed by atoms with van der Waals surface area (Å²) in [5.74, 6) is 0.529. The molecule has 0 bridgehead atoms. The van der Waals surface area contributed by atoms with Crippen LogP contribution in [-0.4, -0.2) is 27.6 Å². The zero-order valence-electron chi connectivity index (χ0n) is 9.59. The van der Waals surface area contributed by atoms with E-state index in [1.54, 1.807) is 0 Å². The van der Waals surface area contributed by atoms with E-state index in [-0.39, 0.29) is 17.1 Å². The summed E-state index contributed by atoms with van der Waals surface area (Å²) in [5.41, 5.74) is -0.148. The average Bonchev–Trinajstić information content (AvgIpc) is 2.61. The number of halogens is 1. The molecule has 1 aromatic rings. The molecule has 1 rings (SSSR count). The number of rotatable bonds is 3. The van der Waals surface area contributed by atoms with Crippen LogP contribution in [0.1, 0.15) is 37.2 Å². The summed E-state index contributed by atoms with van der Waals surface area (Å²) in [6.07, 6.45) is 0. The van der Waals surface area contributed by atoms with Gasteiger partial charge in [0.15, 0.2) is 0 Å². The average molecular weight is 287 g/mol. The molecule has 0 aliphatic rings. The number of nitrogens with zero attached hydrogens (tertiary/aromatic N) is 2. The maximum absolute atomic E-state index is 11.6. The predicted molar refractivity (Wildman–Crippen MR) is 65.5 cm³/mol. The first-order valence-electron chi connectivity index (χ1n) is 4.85. The lowest BCUT2D eigenvalue weighted by Crippen LogP contribution is -2.25. The standard InChI is InChI=1S/C10H15BrN4O/c1-6(11)5-12-8(16)7-13-9(15-14-7)10(2,3)4/h1,5H2,2-4H3,(H,12,16)(H,13,14,15). The number of carbonyl (C=O) groups excluding carboxylic acids is 1. The normalized spacial score (nSPS) is 11.2. The number of amides is 1. The first kappa shape index (κ1) is 12.9. The first-order chi connectivity index (χ1) is 7.30. The molecule has 16 heavy (non-hydrogen) atoms. The number of H-pyrrole nitrogens is 1. The van der Waals surface area contributed by atoms with Crippen molar-refractivity contribution in [3.8, 4) is 0 Å². The minimum atomic E-state index is -0.313. The van der Waals surface area contributed by atoms with Crippen molar-refractivity contribution in [2.75, 3.05) is 6.54 Å². The van der Waals surface area contributed by atoms with E-state index in [2.05, 4.69) is 43.0 Å². The molecule has 0 unspecified atom stereocenters. The molecule has 0 saturated heterocycles. The molecule has 0 atom stereocenters. The summed E-state index contributed by atoms with van der Waals surface area (Å²) in [6.45, 7) is 9.96. The van der Waals surface area contributed by atoms with Gasteiger partial charge in [-0.15, -0.1) is 5.10 Å². The summed E-state index contributed by atoms with van der Waals surface area (Å²) in [6, 6.07) is 0. The molecule has 0 radical (unpaired) electrons. The van der Waals surface area contributed by atoms with Gasteiger partial charge in [-0.2, -0.15) is 0 Å². The summed E-state index contributed by atoms with van der Waals surface area (Å²) in [7, 11) is 0. The van der Waals surface area contributed by atoms with Crippen molar-refractivity contribution in [2.24, 2.45) is 0 Å². The number of aromatic nitrogens is 3. The SMILES string of the molecule is C=C(Br)CNC(=O)c1n[nH]c(C(C)(C)C)n1. The van der Waals surface area contributed by atoms with Gasteiger partial charge < -0.3 is 5.32 Å². The molecule has 1 heterocycles. The molecule has 0 aromatic carbocycles. The second-order valence-electron chi connectivity index (χ2n) is 4.46. The maximum Gasteiger partial charge on any atom is 0.291 e. The Morgan fingerprint density at radius 2 is 2.19 bits per heavy atom. The molecule has 5 nitrogen and oxygen atoms in total. The van der Waals surface area contributed by atoms with Crippen molar-refractivity contribution < 1.29 is 4.79 Å². The van der Waals surface area contributed by atoms with E-state index < -0.39 is 0 Å². The minimum absolute atomic E-state index is 0.148. The zero-order chi connectivity index (χ0) is 12.3. The highest BCUT2D eigenvalue weighted by molar-refractivity contribution is 9.11. The Kier molecular flexibility index (Phi) is 3.85. The highest BCUT2D eigenvalue weighted by Crippen LogP contribution is 2.17. The quantitative estimate of drug-likeness (QED) is 0.889. The Bertz CT molecular complexity index is 405. The smallest absolute Gasteiger partial charge is 0.291 e. The van der Waals surface area contributed by atoms with Crippen LogP contribution in [0.4, 0.5) is 0 Å². The van der Waals surface area contributed by atoms with Gasteiger partial charge in [0.05, 0.1) is 0 Å². The lowest BCUT2D eigenvalue weighted by atomic mass is 9.96. The van der Waals surface area contributed by atoms with Crippen LogP contribution in [0.25, 0.3) is 0 Å². The maximum atomic E-state index is 11.6. The van der Waals surface area contributed by atoms with E-state index in [0.29, 0.717) is 16.9 Å². The van der Waals surface area contributed by atoms with Gasteiger partial charge in [-0.1, -0.05) is 43.3 Å². The van der Waals surface area contributed by atoms with Gasteiger partial charge >= 0.3 is 0 Å². The van der Waals surface area contributed by atoms with Crippen LogP contribution in [0, 0.1) is 0 Å². The van der Waals surface area contributed by atoms with Crippen LogP contribution in [0.2, 0.25) is 0 Å². The summed E-state index contributed by atoms with van der Waals surface area (Å²) in [5, 5.41) is 9.26. The minimum Gasteiger partial charge on any atom is -0.345 e. The molecule has 0 aliphatic carbocycles. The lowest BCUT2D eigenvalue weighted by Gasteiger charge is -2.12. The van der Waals surface area contributed by atoms with Gasteiger partial charge in [-0.3, -0.25) is 9.89 Å². The summed E-state index contributed by atoms with van der Waals surface area (Å²) >= 11 is 3.15. The van der Waals surface area contributed by atoms with Gasteiger partial charge in [0.25, 0.3) is 5.91 Å². The number of carbonyl (C=O) groups is 1. The molecule has 1 aromatic heterocycles. The van der Waals surface area contributed by atoms with Gasteiger partial charge in [-0.25, -0.2) is 4.98 Å². The number of nitrogens with one attached hydrogen (secondary N) is 2. The molecular weight excluding hydrogens is 272 g/mol. The number of aromatic amines is 1. The van der Waals surface area contributed by atoms with Crippen molar-refractivity contribution in [1.82, 2.24) is 20.5 Å². The third-order valence-corrected chi connectivity index (χ3v) is 2.12. The van der Waals surface area contributed by atoms with E-state index in [9.17, 15) is 4.79 Å². The van der Waals surface area contributed by atoms with Crippen molar-refractivity contribution in [1.29, 1.82) is 0 Å². The van der Waals surface area contributed by atoms with Crippen LogP contribution < -0.4 is 5.32 Å². The third kappa shape index (κ3) is 3.44. The van der Waals surface area contributed by atoms with Crippen molar-refractivity contribution in [2.45, 2.75) is 26.2 Å². The molecule has 0 aliphatic heterocycles. The van der Waals surface area contributed by atoms with Crippen LogP contribution in [0.5, 0.6) is 0 Å². The van der Waals surface area contributed by atoms with Crippen molar-refractivity contribution >= 4 is 21.8 Å². The Morgan fingerprint density at radius 1 is 1.56 bits per heavy atom. The topological polar surface area (TPSA) is 70.7 Å². The molecule has 0 saturated carbocycles. The molecule has 88 valence electrons. The lowest BCUT2D eigenvalue weighted by molar-refractivity contribution is 0.0947. The molecular formula is C10H15BrN4O. The Balaban J connectivity index is 2.71. The Labute approximate surface area is 103 Å². The second kappa shape index (κ2) is 4.78. The first-order valence-corrected chi connectivity index (χ1v) is 5.64. The van der Waals surface area contributed by atoms with Crippen LogP contribution in [0.15, 0.2) is 11.1 Å². The van der Waals surface area contributed by atoms with Crippen LogP contribution in [-0.2, 0) is 5.41 Å². The number of hydrogen-bond donors (Lipinski definition) is 2. The summed E-state index contributed by atoms with van der Waals surface area (Å²) in [4.78, 5) is 15.7. The van der Waals surface area contributed by atoms with Gasteiger partial charge in [-0.05, 0) is 0 Å². The largest absolute Gasteiger partial charge is 0.345 e. The van der Waals surface area contributed by atoms with Gasteiger partial charge in [0, 0.05) is 16.4 Å². The van der Waals surface area contributed by atoms with Gasteiger partial charge in [0.1, 0.15) is 5.82 Å². The molecule has 1 amide bonds. The van der Waals surface area contributed by atoms with E-state index in [0.717, 1.165) is 0 Å². The molecule has 2 N–H and O–H groups in total. The second-order valence-corrected chi connectivity index (χ2v) is 5.58. The number of hydrogen-bond acceptors (Lipinski definition) is 3. The fourth-order valence-electron chi connectivity index (χ4n) is 0.954.